The quantitative estimate of drug-likeness (QED) is 0.649. The van der Waals surface area contributed by atoms with Crippen molar-refractivity contribution in [2.24, 2.45) is 0 Å². The zero-order chi connectivity index (χ0) is 19.2. The number of carbonyl (C=O) groups is 2. The van der Waals surface area contributed by atoms with Crippen LogP contribution in [0.5, 0.6) is 0 Å². The van der Waals surface area contributed by atoms with Gasteiger partial charge in [0.25, 0.3) is 0 Å². The normalized spacial score (nSPS) is 10.4. The van der Waals surface area contributed by atoms with Gasteiger partial charge in [-0.15, -0.1) is 10.2 Å². The Hall–Kier alpha value is -3.19. The maximum atomic E-state index is 12.1. The molecule has 0 radical (unpaired) electrons. The van der Waals surface area contributed by atoms with Crippen LogP contribution in [0, 0.1) is 0 Å². The number of carbonyl (C=O) groups excluding carboxylic acids is 2. The molecule has 3 rings (SSSR count). The summed E-state index contributed by atoms with van der Waals surface area (Å²) in [5, 5.41) is 11.2. The Kier molecular flexibility index (Phi) is 5.83. The molecule has 1 N–H and O–H groups in total. The van der Waals surface area contributed by atoms with Crippen molar-refractivity contribution in [3.05, 3.63) is 65.0 Å². The topological polar surface area (TPSA) is 94.3 Å². The second-order valence-corrected chi connectivity index (χ2v) is 6.01. The molecule has 0 spiro atoms. The summed E-state index contributed by atoms with van der Waals surface area (Å²) in [6, 6.07) is 13.6. The lowest BCUT2D eigenvalue weighted by Gasteiger charge is -2.05. The van der Waals surface area contributed by atoms with Crippen molar-refractivity contribution >= 4 is 29.2 Å². The summed E-state index contributed by atoms with van der Waals surface area (Å²) in [5.41, 5.74) is 1.64. The molecule has 3 aromatic rings. The van der Waals surface area contributed by atoms with Crippen LogP contribution in [0.25, 0.3) is 11.5 Å². The number of aromatic nitrogens is 2. The molecule has 1 aromatic heterocycles. The third-order valence-electron chi connectivity index (χ3n) is 3.73. The number of hydrogen-bond acceptors (Lipinski definition) is 6. The van der Waals surface area contributed by atoms with E-state index in [0.29, 0.717) is 40.0 Å². The fourth-order valence-corrected chi connectivity index (χ4v) is 2.57. The second kappa shape index (κ2) is 8.46. The van der Waals surface area contributed by atoms with Crippen molar-refractivity contribution in [1.29, 1.82) is 0 Å². The first-order chi connectivity index (χ1) is 13.1. The summed E-state index contributed by atoms with van der Waals surface area (Å²) in [4.78, 5) is 23.5. The third kappa shape index (κ3) is 4.71. The van der Waals surface area contributed by atoms with Gasteiger partial charge in [0.05, 0.1) is 23.3 Å². The molecule has 1 amide bonds. The van der Waals surface area contributed by atoms with Gasteiger partial charge in [0, 0.05) is 18.5 Å². The first-order valence-corrected chi connectivity index (χ1v) is 8.50. The molecule has 0 aliphatic rings. The first kappa shape index (κ1) is 18.6. The number of rotatable bonds is 6. The molecule has 27 heavy (non-hydrogen) atoms. The molecular weight excluding hydrogens is 370 g/mol. The number of aryl methyl sites for hydroxylation is 1. The van der Waals surface area contributed by atoms with Crippen LogP contribution in [0.4, 0.5) is 5.69 Å². The Morgan fingerprint density at radius 1 is 1.11 bits per heavy atom. The van der Waals surface area contributed by atoms with Gasteiger partial charge < -0.3 is 14.5 Å². The van der Waals surface area contributed by atoms with E-state index in [9.17, 15) is 9.59 Å². The van der Waals surface area contributed by atoms with Crippen molar-refractivity contribution in [3.63, 3.8) is 0 Å². The smallest absolute Gasteiger partial charge is 0.337 e. The highest BCUT2D eigenvalue weighted by Gasteiger charge is 2.13. The zero-order valence-electron chi connectivity index (χ0n) is 14.4. The van der Waals surface area contributed by atoms with E-state index in [4.69, 9.17) is 16.0 Å². The highest BCUT2D eigenvalue weighted by molar-refractivity contribution is 6.33. The molecule has 2 aromatic carbocycles. The molecule has 0 aliphatic heterocycles. The lowest BCUT2D eigenvalue weighted by molar-refractivity contribution is -0.116. The monoisotopic (exact) mass is 385 g/mol. The number of nitrogens with zero attached hydrogens (tertiary/aromatic N) is 2. The van der Waals surface area contributed by atoms with Crippen molar-refractivity contribution in [3.8, 4) is 11.5 Å². The average Bonchev–Trinajstić information content (AvgIpc) is 3.15. The maximum Gasteiger partial charge on any atom is 0.337 e. The van der Waals surface area contributed by atoms with E-state index in [1.807, 2.05) is 12.1 Å². The largest absolute Gasteiger partial charge is 0.465 e. The van der Waals surface area contributed by atoms with Gasteiger partial charge in [-0.25, -0.2) is 4.79 Å². The van der Waals surface area contributed by atoms with Crippen molar-refractivity contribution in [2.75, 3.05) is 12.4 Å². The number of methoxy groups -OCH3 is 1. The Labute approximate surface area is 160 Å². The molecule has 0 saturated carbocycles. The van der Waals surface area contributed by atoms with E-state index >= 15 is 0 Å². The molecule has 7 nitrogen and oxygen atoms in total. The summed E-state index contributed by atoms with van der Waals surface area (Å²) in [5.74, 6) is 0.0208. The van der Waals surface area contributed by atoms with Gasteiger partial charge in [-0.3, -0.25) is 4.79 Å². The number of benzene rings is 2. The fraction of sp³-hybridized carbons (Fsp3) is 0.158. The minimum absolute atomic E-state index is 0.170. The molecule has 0 unspecified atom stereocenters. The Balaban J connectivity index is 1.55. The number of halogens is 1. The zero-order valence-corrected chi connectivity index (χ0v) is 15.2. The summed E-state index contributed by atoms with van der Waals surface area (Å²) in [6.07, 6.45) is 0.465. The molecular formula is C19H16ClN3O4. The van der Waals surface area contributed by atoms with Gasteiger partial charge >= 0.3 is 5.97 Å². The van der Waals surface area contributed by atoms with Gasteiger partial charge in [-0.1, -0.05) is 23.7 Å². The van der Waals surface area contributed by atoms with Gasteiger partial charge in [0.1, 0.15) is 0 Å². The summed E-state index contributed by atoms with van der Waals surface area (Å²) in [6.45, 7) is 0. The molecule has 1 heterocycles. The number of amides is 1. The van der Waals surface area contributed by atoms with Crippen LogP contribution in [0.3, 0.4) is 0 Å². The van der Waals surface area contributed by atoms with Crippen LogP contribution in [-0.2, 0) is 16.0 Å². The van der Waals surface area contributed by atoms with E-state index in [2.05, 4.69) is 20.3 Å². The van der Waals surface area contributed by atoms with Crippen molar-refractivity contribution in [1.82, 2.24) is 10.2 Å². The summed E-state index contributed by atoms with van der Waals surface area (Å²) < 4.78 is 10.2. The molecule has 0 aliphatic carbocycles. The molecule has 0 fully saturated rings. The van der Waals surface area contributed by atoms with Gasteiger partial charge in [0.2, 0.25) is 17.7 Å². The van der Waals surface area contributed by atoms with E-state index < -0.39 is 5.97 Å². The molecule has 138 valence electrons. The number of nitrogens with one attached hydrogen (secondary N) is 1. The third-order valence-corrected chi connectivity index (χ3v) is 4.06. The highest BCUT2D eigenvalue weighted by atomic mass is 35.5. The number of anilines is 1. The number of ether oxygens (including phenoxy) is 1. The lowest BCUT2D eigenvalue weighted by Crippen LogP contribution is -2.12. The second-order valence-electron chi connectivity index (χ2n) is 5.60. The van der Waals surface area contributed by atoms with Crippen LogP contribution in [0.2, 0.25) is 5.02 Å². The minimum Gasteiger partial charge on any atom is -0.465 e. The Morgan fingerprint density at radius 2 is 1.85 bits per heavy atom. The SMILES string of the molecule is COC(=O)c1ccc(NC(=O)CCc2nnc(-c3ccccc3Cl)o2)cc1. The Morgan fingerprint density at radius 3 is 2.56 bits per heavy atom. The fourth-order valence-electron chi connectivity index (χ4n) is 2.35. The molecule has 0 bridgehead atoms. The van der Waals surface area contributed by atoms with E-state index in [0.717, 1.165) is 0 Å². The maximum absolute atomic E-state index is 12.1. The van der Waals surface area contributed by atoms with E-state index in [1.165, 1.54) is 7.11 Å². The van der Waals surface area contributed by atoms with Crippen LogP contribution in [0.1, 0.15) is 22.7 Å². The van der Waals surface area contributed by atoms with Gasteiger partial charge in [-0.05, 0) is 36.4 Å². The van der Waals surface area contributed by atoms with E-state index in [1.54, 1.807) is 36.4 Å². The van der Waals surface area contributed by atoms with Crippen molar-refractivity contribution in [2.45, 2.75) is 12.8 Å². The Bertz CT molecular complexity index is 954. The number of esters is 1. The predicted octanol–water partition coefficient (Wildman–Crippen LogP) is 3.75. The van der Waals surface area contributed by atoms with Crippen LogP contribution >= 0.6 is 11.6 Å². The molecule has 0 saturated heterocycles. The highest BCUT2D eigenvalue weighted by Crippen LogP contribution is 2.26. The lowest BCUT2D eigenvalue weighted by atomic mass is 10.2. The van der Waals surface area contributed by atoms with Crippen LogP contribution in [-0.4, -0.2) is 29.2 Å². The molecule has 8 heteroatoms. The molecule has 0 atom stereocenters. The van der Waals surface area contributed by atoms with Gasteiger partial charge in [0.15, 0.2) is 0 Å². The average molecular weight is 386 g/mol. The van der Waals surface area contributed by atoms with E-state index in [-0.39, 0.29) is 12.3 Å². The minimum atomic E-state index is -0.432. The van der Waals surface area contributed by atoms with Crippen LogP contribution in [0.15, 0.2) is 52.9 Å². The van der Waals surface area contributed by atoms with Crippen molar-refractivity contribution < 1.29 is 18.7 Å². The summed E-state index contributed by atoms with van der Waals surface area (Å²) >= 11 is 6.10. The standard InChI is InChI=1S/C19H16ClN3O4/c1-26-19(25)12-6-8-13(9-7-12)21-16(24)10-11-17-22-23-18(27-17)14-4-2-3-5-15(14)20/h2-9H,10-11H2,1H3,(H,21,24). The van der Waals surface area contributed by atoms with Gasteiger partial charge in [-0.2, -0.15) is 0 Å². The summed E-state index contributed by atoms with van der Waals surface area (Å²) in [7, 11) is 1.31. The van der Waals surface area contributed by atoms with Crippen LogP contribution < -0.4 is 5.32 Å². The predicted molar refractivity (Wildman–Crippen MR) is 99.5 cm³/mol. The number of hydrogen-bond donors (Lipinski definition) is 1. The first-order valence-electron chi connectivity index (χ1n) is 8.12.